The highest BCUT2D eigenvalue weighted by Crippen LogP contribution is 2.16. The van der Waals surface area contributed by atoms with Crippen LogP contribution < -0.4 is 11.1 Å². The van der Waals surface area contributed by atoms with Crippen LogP contribution in [0.2, 0.25) is 0 Å². The Morgan fingerprint density at radius 3 is 2.58 bits per heavy atom. The van der Waals surface area contributed by atoms with E-state index in [1.807, 2.05) is 18.2 Å². The predicted molar refractivity (Wildman–Crippen MR) is 75.1 cm³/mol. The SMILES string of the molecule is CCC(C)CNC(=O)C(C(N)=NO)c1ccccc1. The molecule has 19 heavy (non-hydrogen) atoms. The molecular formula is C14H21N3O2. The summed E-state index contributed by atoms with van der Waals surface area (Å²) in [6.45, 7) is 4.70. The van der Waals surface area contributed by atoms with E-state index >= 15 is 0 Å². The van der Waals surface area contributed by atoms with Gasteiger partial charge in [0.15, 0.2) is 5.84 Å². The third kappa shape index (κ3) is 4.28. The molecule has 2 unspecified atom stereocenters. The highest BCUT2D eigenvalue weighted by atomic mass is 16.4. The summed E-state index contributed by atoms with van der Waals surface area (Å²) in [5, 5.41) is 14.6. The van der Waals surface area contributed by atoms with Crippen LogP contribution in [0.15, 0.2) is 35.5 Å². The first kappa shape index (κ1) is 15.0. The number of amidine groups is 1. The molecule has 104 valence electrons. The van der Waals surface area contributed by atoms with Crippen molar-refractivity contribution >= 4 is 11.7 Å². The average Bonchev–Trinajstić information content (AvgIpc) is 2.45. The van der Waals surface area contributed by atoms with E-state index in [9.17, 15) is 4.79 Å². The van der Waals surface area contributed by atoms with Crippen LogP contribution in [0.4, 0.5) is 0 Å². The molecule has 0 heterocycles. The van der Waals surface area contributed by atoms with Gasteiger partial charge in [0.25, 0.3) is 0 Å². The molecule has 0 spiro atoms. The highest BCUT2D eigenvalue weighted by molar-refractivity contribution is 6.07. The molecule has 5 nitrogen and oxygen atoms in total. The fourth-order valence-corrected chi connectivity index (χ4v) is 1.68. The van der Waals surface area contributed by atoms with Gasteiger partial charge in [-0.25, -0.2) is 0 Å². The molecule has 1 rings (SSSR count). The number of carbonyl (C=O) groups excluding carboxylic acids is 1. The van der Waals surface area contributed by atoms with E-state index in [2.05, 4.69) is 24.3 Å². The number of oxime groups is 1. The van der Waals surface area contributed by atoms with Crippen molar-refractivity contribution in [3.05, 3.63) is 35.9 Å². The largest absolute Gasteiger partial charge is 0.409 e. The zero-order valence-electron chi connectivity index (χ0n) is 11.3. The lowest BCUT2D eigenvalue weighted by Crippen LogP contribution is -2.38. The fraction of sp³-hybridized carbons (Fsp3) is 0.429. The second-order valence-electron chi connectivity index (χ2n) is 4.63. The van der Waals surface area contributed by atoms with Crippen LogP contribution in [0, 0.1) is 5.92 Å². The molecule has 1 aromatic carbocycles. The van der Waals surface area contributed by atoms with Gasteiger partial charge in [-0.2, -0.15) is 0 Å². The van der Waals surface area contributed by atoms with E-state index in [0.29, 0.717) is 18.0 Å². The lowest BCUT2D eigenvalue weighted by atomic mass is 9.97. The molecule has 1 amide bonds. The second-order valence-corrected chi connectivity index (χ2v) is 4.63. The van der Waals surface area contributed by atoms with Crippen molar-refractivity contribution in [3.8, 4) is 0 Å². The van der Waals surface area contributed by atoms with E-state index in [-0.39, 0.29) is 11.7 Å². The number of nitrogens with zero attached hydrogens (tertiary/aromatic N) is 1. The molecule has 0 aliphatic carbocycles. The van der Waals surface area contributed by atoms with Gasteiger partial charge in [-0.3, -0.25) is 4.79 Å². The van der Waals surface area contributed by atoms with Crippen molar-refractivity contribution in [1.82, 2.24) is 5.32 Å². The molecule has 2 atom stereocenters. The minimum atomic E-state index is -0.754. The Hall–Kier alpha value is -2.04. The van der Waals surface area contributed by atoms with Crippen molar-refractivity contribution in [2.75, 3.05) is 6.54 Å². The van der Waals surface area contributed by atoms with Crippen molar-refractivity contribution < 1.29 is 10.0 Å². The number of benzene rings is 1. The first-order valence-electron chi connectivity index (χ1n) is 6.40. The number of hydrogen-bond donors (Lipinski definition) is 3. The fourth-order valence-electron chi connectivity index (χ4n) is 1.68. The first-order valence-corrected chi connectivity index (χ1v) is 6.40. The molecule has 0 radical (unpaired) electrons. The third-order valence-electron chi connectivity index (χ3n) is 3.13. The van der Waals surface area contributed by atoms with Crippen molar-refractivity contribution in [2.24, 2.45) is 16.8 Å². The van der Waals surface area contributed by atoms with Crippen LogP contribution in [0.25, 0.3) is 0 Å². The Bertz CT molecular complexity index is 432. The molecule has 1 aromatic rings. The number of hydrogen-bond acceptors (Lipinski definition) is 3. The zero-order valence-corrected chi connectivity index (χ0v) is 11.3. The molecule has 0 saturated heterocycles. The molecule has 0 saturated carbocycles. The van der Waals surface area contributed by atoms with Crippen LogP contribution in [-0.4, -0.2) is 23.5 Å². The Morgan fingerprint density at radius 1 is 1.42 bits per heavy atom. The average molecular weight is 263 g/mol. The monoisotopic (exact) mass is 263 g/mol. The minimum absolute atomic E-state index is 0.104. The number of carbonyl (C=O) groups is 1. The lowest BCUT2D eigenvalue weighted by molar-refractivity contribution is -0.121. The molecule has 5 heteroatoms. The first-order chi connectivity index (χ1) is 9.10. The zero-order chi connectivity index (χ0) is 14.3. The van der Waals surface area contributed by atoms with Crippen molar-refractivity contribution in [2.45, 2.75) is 26.2 Å². The van der Waals surface area contributed by atoms with Gasteiger partial charge in [0.2, 0.25) is 5.91 Å². The van der Waals surface area contributed by atoms with E-state index in [0.717, 1.165) is 6.42 Å². The Kier molecular flexibility index (Phi) is 5.85. The van der Waals surface area contributed by atoms with Crippen molar-refractivity contribution in [1.29, 1.82) is 0 Å². The summed E-state index contributed by atoms with van der Waals surface area (Å²) in [5.74, 6) is -0.711. The number of nitrogens with one attached hydrogen (secondary N) is 1. The van der Waals surface area contributed by atoms with Gasteiger partial charge in [0, 0.05) is 6.54 Å². The van der Waals surface area contributed by atoms with E-state index in [1.165, 1.54) is 0 Å². The second kappa shape index (κ2) is 7.41. The maximum absolute atomic E-state index is 12.2. The summed E-state index contributed by atoms with van der Waals surface area (Å²) in [7, 11) is 0. The van der Waals surface area contributed by atoms with E-state index in [4.69, 9.17) is 10.9 Å². The van der Waals surface area contributed by atoms with Crippen LogP contribution >= 0.6 is 0 Å². The van der Waals surface area contributed by atoms with E-state index in [1.54, 1.807) is 12.1 Å². The summed E-state index contributed by atoms with van der Waals surface area (Å²) >= 11 is 0. The third-order valence-corrected chi connectivity index (χ3v) is 3.13. The Labute approximate surface area is 113 Å². The highest BCUT2D eigenvalue weighted by Gasteiger charge is 2.25. The summed E-state index contributed by atoms with van der Waals surface area (Å²) in [6.07, 6.45) is 0.986. The molecule has 0 bridgehead atoms. The van der Waals surface area contributed by atoms with Gasteiger partial charge in [-0.1, -0.05) is 55.8 Å². The van der Waals surface area contributed by atoms with Crippen LogP contribution in [0.5, 0.6) is 0 Å². The van der Waals surface area contributed by atoms with Gasteiger partial charge < -0.3 is 16.3 Å². The van der Waals surface area contributed by atoms with E-state index < -0.39 is 5.92 Å². The quantitative estimate of drug-likeness (QED) is 0.316. The molecule has 4 N–H and O–H groups in total. The van der Waals surface area contributed by atoms with Crippen molar-refractivity contribution in [3.63, 3.8) is 0 Å². The molecule has 0 aliphatic rings. The lowest BCUT2D eigenvalue weighted by Gasteiger charge is -2.17. The van der Waals surface area contributed by atoms with Gasteiger partial charge in [-0.15, -0.1) is 0 Å². The summed E-state index contributed by atoms with van der Waals surface area (Å²) < 4.78 is 0. The Morgan fingerprint density at radius 2 is 2.05 bits per heavy atom. The molecule has 0 aliphatic heterocycles. The molecular weight excluding hydrogens is 242 g/mol. The normalized spacial score (nSPS) is 14.7. The topological polar surface area (TPSA) is 87.7 Å². The number of rotatable bonds is 6. The maximum atomic E-state index is 12.2. The summed E-state index contributed by atoms with van der Waals surface area (Å²) in [5.41, 5.74) is 6.34. The summed E-state index contributed by atoms with van der Waals surface area (Å²) in [4.78, 5) is 12.2. The molecule has 0 fully saturated rings. The minimum Gasteiger partial charge on any atom is -0.409 e. The maximum Gasteiger partial charge on any atom is 0.235 e. The van der Waals surface area contributed by atoms with Gasteiger partial charge >= 0.3 is 0 Å². The predicted octanol–water partition coefficient (Wildman–Crippen LogP) is 1.68. The van der Waals surface area contributed by atoms with Crippen LogP contribution in [-0.2, 0) is 4.79 Å². The van der Waals surface area contributed by atoms with Crippen LogP contribution in [0.1, 0.15) is 31.7 Å². The molecule has 0 aromatic heterocycles. The van der Waals surface area contributed by atoms with Gasteiger partial charge in [0.05, 0.1) is 0 Å². The Balaban J connectivity index is 2.84. The standard InChI is InChI=1S/C14H21N3O2/c1-3-10(2)9-16-14(18)12(13(15)17-19)11-7-5-4-6-8-11/h4-8,10,12,19H,3,9H2,1-2H3,(H2,15,17)(H,16,18). The summed E-state index contributed by atoms with van der Waals surface area (Å²) in [6, 6.07) is 9.05. The van der Waals surface area contributed by atoms with Gasteiger partial charge in [0.1, 0.15) is 5.92 Å². The number of amides is 1. The number of nitrogens with two attached hydrogens (primary N) is 1. The van der Waals surface area contributed by atoms with Crippen LogP contribution in [0.3, 0.4) is 0 Å². The smallest absolute Gasteiger partial charge is 0.235 e. The van der Waals surface area contributed by atoms with Gasteiger partial charge in [-0.05, 0) is 11.5 Å².